The van der Waals surface area contributed by atoms with Gasteiger partial charge in [-0.25, -0.2) is 14.2 Å². The normalized spacial score (nSPS) is 10.4. The largest absolute Gasteiger partial charge is 0.462 e. The molecule has 116 valence electrons. The summed E-state index contributed by atoms with van der Waals surface area (Å²) in [6, 6.07) is 7.05. The van der Waals surface area contributed by atoms with Crippen molar-refractivity contribution in [2.75, 3.05) is 20.7 Å². The summed E-state index contributed by atoms with van der Waals surface area (Å²) >= 11 is 0. The second-order valence-corrected chi connectivity index (χ2v) is 5.01. The smallest absolute Gasteiger partial charge is 0.414 e. The molecule has 0 aliphatic carbocycles. The number of aromatic nitrogens is 1. The highest BCUT2D eigenvalue weighted by atomic mass is 16.6. The number of nitrogens with zero attached hydrogens (tertiary/aromatic N) is 2. The van der Waals surface area contributed by atoms with Gasteiger partial charge in [-0.3, -0.25) is 0 Å². The van der Waals surface area contributed by atoms with E-state index >= 15 is 0 Å². The quantitative estimate of drug-likeness (QED) is 0.642. The minimum Gasteiger partial charge on any atom is -0.462 e. The molecule has 1 aromatic carbocycles. The molecular formula is C16H19N2O4+. The van der Waals surface area contributed by atoms with E-state index in [4.69, 9.17) is 9.47 Å². The Hall–Kier alpha value is -2.63. The molecule has 0 bridgehead atoms. The Kier molecular flexibility index (Phi) is 4.60. The first-order valence-corrected chi connectivity index (χ1v) is 6.92. The number of rotatable bonds is 3. The fourth-order valence-corrected chi connectivity index (χ4v) is 2.06. The van der Waals surface area contributed by atoms with E-state index in [1.807, 2.05) is 13.1 Å². The zero-order valence-electron chi connectivity index (χ0n) is 13.1. The van der Waals surface area contributed by atoms with Crippen LogP contribution in [0.4, 0.5) is 4.79 Å². The van der Waals surface area contributed by atoms with Crippen LogP contribution in [0.3, 0.4) is 0 Å². The van der Waals surface area contributed by atoms with Crippen molar-refractivity contribution in [1.82, 2.24) is 4.90 Å². The molecule has 2 rings (SSSR count). The van der Waals surface area contributed by atoms with Crippen LogP contribution in [0.1, 0.15) is 17.3 Å². The third-order valence-electron chi connectivity index (χ3n) is 3.13. The van der Waals surface area contributed by atoms with Gasteiger partial charge in [0.2, 0.25) is 5.52 Å². The van der Waals surface area contributed by atoms with E-state index in [0.29, 0.717) is 23.3 Å². The van der Waals surface area contributed by atoms with Crippen molar-refractivity contribution in [2.45, 2.75) is 6.92 Å². The fourth-order valence-electron chi connectivity index (χ4n) is 2.06. The zero-order chi connectivity index (χ0) is 16.3. The minimum absolute atomic E-state index is 0.303. The van der Waals surface area contributed by atoms with Crippen LogP contribution in [0.2, 0.25) is 0 Å². The van der Waals surface area contributed by atoms with Crippen molar-refractivity contribution in [3.8, 4) is 5.75 Å². The number of benzene rings is 1. The maximum atomic E-state index is 11.9. The maximum Gasteiger partial charge on any atom is 0.414 e. The van der Waals surface area contributed by atoms with Crippen LogP contribution in [-0.2, 0) is 11.8 Å². The van der Waals surface area contributed by atoms with Crippen LogP contribution in [-0.4, -0.2) is 37.7 Å². The lowest BCUT2D eigenvalue weighted by Gasteiger charge is -2.12. The predicted molar refractivity (Wildman–Crippen MR) is 80.8 cm³/mol. The molecule has 1 aromatic heterocycles. The first kappa shape index (κ1) is 15.8. The third-order valence-corrected chi connectivity index (χ3v) is 3.13. The topological polar surface area (TPSA) is 59.7 Å². The standard InChI is InChI=1S/C16H19N2O4/c1-5-21-15(19)11-9-12-13(18(4)10-11)7-6-8-14(12)22-16(20)17(2)3/h6-10H,5H2,1-4H3/q+1. The predicted octanol–water partition coefficient (Wildman–Crippen LogP) is 1.90. The summed E-state index contributed by atoms with van der Waals surface area (Å²) in [5.41, 5.74) is 1.25. The summed E-state index contributed by atoms with van der Waals surface area (Å²) in [6.07, 6.45) is 1.22. The van der Waals surface area contributed by atoms with E-state index in [1.165, 1.54) is 4.90 Å². The van der Waals surface area contributed by atoms with Crippen LogP contribution in [0.25, 0.3) is 10.9 Å². The number of carbonyl (C=O) groups is 2. The Labute approximate surface area is 128 Å². The maximum absolute atomic E-state index is 11.9. The molecule has 1 heterocycles. The first-order chi connectivity index (χ1) is 10.4. The molecule has 0 aliphatic rings. The molecule has 22 heavy (non-hydrogen) atoms. The van der Waals surface area contributed by atoms with Crippen LogP contribution < -0.4 is 9.30 Å². The van der Waals surface area contributed by atoms with Gasteiger partial charge in [0.25, 0.3) is 0 Å². The number of pyridine rings is 1. The molecule has 0 spiro atoms. The van der Waals surface area contributed by atoms with Crippen molar-refractivity contribution in [2.24, 2.45) is 7.05 Å². The van der Waals surface area contributed by atoms with E-state index < -0.39 is 12.1 Å². The summed E-state index contributed by atoms with van der Waals surface area (Å²) in [6.45, 7) is 2.06. The average molecular weight is 303 g/mol. The van der Waals surface area contributed by atoms with Crippen molar-refractivity contribution in [1.29, 1.82) is 0 Å². The first-order valence-electron chi connectivity index (χ1n) is 6.92. The molecule has 0 saturated carbocycles. The highest BCUT2D eigenvalue weighted by molar-refractivity contribution is 5.94. The van der Waals surface area contributed by atoms with Gasteiger partial charge >= 0.3 is 12.1 Å². The number of aryl methyl sites for hydroxylation is 1. The average Bonchev–Trinajstić information content (AvgIpc) is 2.48. The van der Waals surface area contributed by atoms with Gasteiger partial charge in [-0.1, -0.05) is 6.07 Å². The lowest BCUT2D eigenvalue weighted by atomic mass is 10.1. The van der Waals surface area contributed by atoms with Gasteiger partial charge in [0.1, 0.15) is 18.4 Å². The molecule has 0 aliphatic heterocycles. The number of fused-ring (bicyclic) bond motifs is 1. The molecule has 1 amide bonds. The number of hydrogen-bond donors (Lipinski definition) is 0. The zero-order valence-corrected chi connectivity index (χ0v) is 13.1. The van der Waals surface area contributed by atoms with Gasteiger partial charge in [-0.2, -0.15) is 0 Å². The molecule has 6 nitrogen and oxygen atoms in total. The Balaban J connectivity index is 2.53. The van der Waals surface area contributed by atoms with Crippen LogP contribution in [0.5, 0.6) is 5.75 Å². The molecule has 2 aromatic rings. The van der Waals surface area contributed by atoms with Crippen LogP contribution >= 0.6 is 0 Å². The summed E-state index contributed by atoms with van der Waals surface area (Å²) in [5, 5.41) is 0.672. The van der Waals surface area contributed by atoms with Gasteiger partial charge in [0.15, 0.2) is 6.20 Å². The van der Waals surface area contributed by atoms with Crippen LogP contribution in [0, 0.1) is 0 Å². The van der Waals surface area contributed by atoms with Crippen LogP contribution in [0.15, 0.2) is 30.5 Å². The van der Waals surface area contributed by atoms with Crippen molar-refractivity contribution in [3.05, 3.63) is 36.0 Å². The Morgan fingerprint density at radius 2 is 2.00 bits per heavy atom. The molecule has 0 N–H and O–H groups in total. The number of hydrogen-bond acceptors (Lipinski definition) is 4. The van der Waals surface area contributed by atoms with Gasteiger partial charge in [-0.15, -0.1) is 0 Å². The minimum atomic E-state index is -0.475. The van der Waals surface area contributed by atoms with Gasteiger partial charge in [-0.05, 0) is 19.1 Å². The summed E-state index contributed by atoms with van der Waals surface area (Å²) in [4.78, 5) is 25.0. The van der Waals surface area contributed by atoms with Crippen molar-refractivity contribution < 1.29 is 23.6 Å². The molecule has 0 atom stereocenters. The summed E-state index contributed by atoms with van der Waals surface area (Å²) in [7, 11) is 5.04. The Morgan fingerprint density at radius 1 is 1.27 bits per heavy atom. The summed E-state index contributed by atoms with van der Waals surface area (Å²) < 4.78 is 12.2. The third kappa shape index (κ3) is 3.16. The molecule has 0 saturated heterocycles. The molecular weight excluding hydrogens is 284 g/mol. The molecule has 0 unspecified atom stereocenters. The lowest BCUT2D eigenvalue weighted by molar-refractivity contribution is -0.645. The highest BCUT2D eigenvalue weighted by Gasteiger charge is 2.19. The molecule has 6 heteroatoms. The Bertz CT molecular complexity index is 725. The molecule has 0 radical (unpaired) electrons. The SMILES string of the molecule is CCOC(=O)c1cc2c(OC(=O)N(C)C)cccc2[n+](C)c1. The number of carbonyl (C=O) groups excluding carboxylic acids is 2. The van der Waals surface area contributed by atoms with Crippen molar-refractivity contribution >= 4 is 23.0 Å². The monoisotopic (exact) mass is 303 g/mol. The van der Waals surface area contributed by atoms with Gasteiger partial charge < -0.3 is 14.4 Å². The number of esters is 1. The van der Waals surface area contributed by atoms with Crippen molar-refractivity contribution in [3.63, 3.8) is 0 Å². The molecule has 0 fully saturated rings. The van der Waals surface area contributed by atoms with E-state index in [9.17, 15) is 9.59 Å². The van der Waals surface area contributed by atoms with E-state index in [-0.39, 0.29) is 0 Å². The number of ether oxygens (including phenoxy) is 2. The second-order valence-electron chi connectivity index (χ2n) is 5.01. The van der Waals surface area contributed by atoms with E-state index in [0.717, 1.165) is 5.52 Å². The summed E-state index contributed by atoms with van der Waals surface area (Å²) in [5.74, 6) is -0.00770. The van der Waals surface area contributed by atoms with E-state index in [1.54, 1.807) is 50.0 Å². The fraction of sp³-hybridized carbons (Fsp3) is 0.312. The van der Waals surface area contributed by atoms with Gasteiger partial charge in [0.05, 0.1) is 12.0 Å². The van der Waals surface area contributed by atoms with E-state index in [2.05, 4.69) is 0 Å². The Morgan fingerprint density at radius 3 is 2.64 bits per heavy atom. The highest BCUT2D eigenvalue weighted by Crippen LogP contribution is 2.25. The second kappa shape index (κ2) is 6.43. The van der Waals surface area contributed by atoms with Gasteiger partial charge in [0, 0.05) is 20.2 Å². The lowest BCUT2D eigenvalue weighted by Crippen LogP contribution is -2.31. The number of amides is 1.